The first-order chi connectivity index (χ1) is 8.61. The van der Waals surface area contributed by atoms with Gasteiger partial charge < -0.3 is 11.1 Å². The van der Waals surface area contributed by atoms with E-state index >= 15 is 0 Å². The molecule has 1 saturated carbocycles. The highest BCUT2D eigenvalue weighted by Crippen LogP contribution is 2.38. The second-order valence-electron chi connectivity index (χ2n) is 4.50. The van der Waals surface area contributed by atoms with Crippen LogP contribution in [0.4, 0.5) is 5.69 Å². The predicted octanol–water partition coefficient (Wildman–Crippen LogP) is 2.24. The highest BCUT2D eigenvalue weighted by molar-refractivity contribution is 6.30. The van der Waals surface area contributed by atoms with Gasteiger partial charge in [-0.3, -0.25) is 4.79 Å². The fraction of sp³-hybridized carbons (Fsp3) is 0.357. The zero-order chi connectivity index (χ0) is 13.1. The van der Waals surface area contributed by atoms with Crippen LogP contribution in [-0.2, 0) is 4.79 Å². The molecule has 0 aliphatic heterocycles. The maximum atomic E-state index is 11.9. The fourth-order valence-electron chi connectivity index (χ4n) is 1.79. The van der Waals surface area contributed by atoms with Gasteiger partial charge in [-0.25, -0.2) is 0 Å². The van der Waals surface area contributed by atoms with Crippen LogP contribution in [0.2, 0.25) is 5.02 Å². The average molecular weight is 263 g/mol. The molecule has 0 spiro atoms. The summed E-state index contributed by atoms with van der Waals surface area (Å²) >= 11 is 5.92. The lowest BCUT2D eigenvalue weighted by molar-refractivity contribution is -0.117. The molecule has 18 heavy (non-hydrogen) atoms. The van der Waals surface area contributed by atoms with Gasteiger partial charge in [0.15, 0.2) is 0 Å². The molecule has 2 atom stereocenters. The van der Waals surface area contributed by atoms with Gasteiger partial charge in [0.25, 0.3) is 0 Å². The maximum Gasteiger partial charge on any atom is 0.227 e. The molecule has 2 rings (SSSR count). The van der Waals surface area contributed by atoms with Gasteiger partial charge in [0.1, 0.15) is 0 Å². The Morgan fingerprint density at radius 3 is 2.94 bits per heavy atom. The second-order valence-corrected chi connectivity index (χ2v) is 4.94. The SMILES string of the molecule is CC1CC1C(=O)Nc1ccc(Cl)cc1C#CCN. The third-order valence-corrected chi connectivity index (χ3v) is 3.25. The minimum atomic E-state index is 0.0561. The van der Waals surface area contributed by atoms with Crippen LogP contribution in [0.25, 0.3) is 0 Å². The first-order valence-electron chi connectivity index (χ1n) is 5.91. The summed E-state index contributed by atoms with van der Waals surface area (Å²) in [5.41, 5.74) is 6.75. The molecule has 0 bridgehead atoms. The van der Waals surface area contributed by atoms with E-state index in [0.717, 1.165) is 6.42 Å². The van der Waals surface area contributed by atoms with Gasteiger partial charge in [-0.1, -0.05) is 30.4 Å². The first kappa shape index (κ1) is 12.9. The Balaban J connectivity index is 2.18. The van der Waals surface area contributed by atoms with E-state index in [2.05, 4.69) is 24.1 Å². The summed E-state index contributed by atoms with van der Waals surface area (Å²) in [6.45, 7) is 2.35. The normalized spacial score (nSPS) is 20.8. The minimum Gasteiger partial charge on any atom is -0.325 e. The van der Waals surface area contributed by atoms with Crippen molar-refractivity contribution in [2.75, 3.05) is 11.9 Å². The Hall–Kier alpha value is -1.50. The Bertz CT molecular complexity index is 530. The molecule has 1 aromatic carbocycles. The molecule has 3 N–H and O–H groups in total. The van der Waals surface area contributed by atoms with Gasteiger partial charge in [0, 0.05) is 16.5 Å². The largest absolute Gasteiger partial charge is 0.325 e. The lowest BCUT2D eigenvalue weighted by Crippen LogP contribution is -2.15. The van der Waals surface area contributed by atoms with Crippen molar-refractivity contribution in [2.45, 2.75) is 13.3 Å². The van der Waals surface area contributed by atoms with Crippen LogP contribution in [0.1, 0.15) is 18.9 Å². The van der Waals surface area contributed by atoms with Crippen LogP contribution in [-0.4, -0.2) is 12.5 Å². The van der Waals surface area contributed by atoms with E-state index in [-0.39, 0.29) is 18.4 Å². The Kier molecular flexibility index (Phi) is 3.90. The number of nitrogens with one attached hydrogen (secondary N) is 1. The number of carbonyl (C=O) groups excluding carboxylic acids is 1. The summed E-state index contributed by atoms with van der Waals surface area (Å²) < 4.78 is 0. The summed E-state index contributed by atoms with van der Waals surface area (Å²) in [7, 11) is 0. The molecule has 1 aromatic rings. The van der Waals surface area contributed by atoms with E-state index < -0.39 is 0 Å². The predicted molar refractivity (Wildman–Crippen MR) is 73.3 cm³/mol. The highest BCUT2D eigenvalue weighted by atomic mass is 35.5. The van der Waals surface area contributed by atoms with Crippen molar-refractivity contribution < 1.29 is 4.79 Å². The average Bonchev–Trinajstić information content (AvgIpc) is 3.07. The number of hydrogen-bond acceptors (Lipinski definition) is 2. The molecule has 0 aromatic heterocycles. The smallest absolute Gasteiger partial charge is 0.227 e. The van der Waals surface area contributed by atoms with Crippen LogP contribution in [0.5, 0.6) is 0 Å². The van der Waals surface area contributed by atoms with Crippen LogP contribution in [0, 0.1) is 23.7 Å². The number of anilines is 1. The molecule has 0 heterocycles. The van der Waals surface area contributed by atoms with Crippen LogP contribution < -0.4 is 11.1 Å². The molecular weight excluding hydrogens is 248 g/mol. The third-order valence-electron chi connectivity index (χ3n) is 3.01. The van der Waals surface area contributed by atoms with Crippen molar-refractivity contribution >= 4 is 23.2 Å². The van der Waals surface area contributed by atoms with Gasteiger partial charge in [0.2, 0.25) is 5.91 Å². The lowest BCUT2D eigenvalue weighted by atomic mass is 10.1. The van der Waals surface area contributed by atoms with E-state index in [1.165, 1.54) is 0 Å². The summed E-state index contributed by atoms with van der Waals surface area (Å²) in [5, 5.41) is 3.49. The summed E-state index contributed by atoms with van der Waals surface area (Å²) in [6.07, 6.45) is 0.962. The zero-order valence-electron chi connectivity index (χ0n) is 10.2. The minimum absolute atomic E-state index is 0.0561. The first-order valence-corrected chi connectivity index (χ1v) is 6.29. The maximum absolute atomic E-state index is 11.9. The topological polar surface area (TPSA) is 55.1 Å². The molecule has 2 unspecified atom stereocenters. The Morgan fingerprint density at radius 1 is 1.61 bits per heavy atom. The van der Waals surface area contributed by atoms with E-state index in [1.807, 2.05) is 0 Å². The van der Waals surface area contributed by atoms with Gasteiger partial charge in [-0.15, -0.1) is 0 Å². The van der Waals surface area contributed by atoms with E-state index in [4.69, 9.17) is 17.3 Å². The second kappa shape index (κ2) is 5.43. The zero-order valence-corrected chi connectivity index (χ0v) is 10.9. The number of hydrogen-bond donors (Lipinski definition) is 2. The Labute approximate surface area is 112 Å². The van der Waals surface area contributed by atoms with Gasteiger partial charge in [-0.2, -0.15) is 0 Å². The van der Waals surface area contributed by atoms with Crippen molar-refractivity contribution in [2.24, 2.45) is 17.6 Å². The van der Waals surface area contributed by atoms with Gasteiger partial charge >= 0.3 is 0 Å². The fourth-order valence-corrected chi connectivity index (χ4v) is 1.96. The quantitative estimate of drug-likeness (QED) is 0.803. The molecule has 1 amide bonds. The van der Waals surface area contributed by atoms with Crippen LogP contribution >= 0.6 is 11.6 Å². The van der Waals surface area contributed by atoms with Crippen LogP contribution in [0.15, 0.2) is 18.2 Å². The van der Waals surface area contributed by atoms with Crippen molar-refractivity contribution in [3.8, 4) is 11.8 Å². The van der Waals surface area contributed by atoms with E-state index in [0.29, 0.717) is 22.2 Å². The van der Waals surface area contributed by atoms with Gasteiger partial charge in [0.05, 0.1) is 12.2 Å². The molecule has 1 fully saturated rings. The summed E-state index contributed by atoms with van der Waals surface area (Å²) in [4.78, 5) is 11.9. The number of nitrogens with two attached hydrogens (primary N) is 1. The van der Waals surface area contributed by atoms with E-state index in [1.54, 1.807) is 18.2 Å². The monoisotopic (exact) mass is 262 g/mol. The number of carbonyl (C=O) groups is 1. The third kappa shape index (κ3) is 3.04. The Morgan fingerprint density at radius 2 is 2.33 bits per heavy atom. The van der Waals surface area contributed by atoms with Crippen molar-refractivity contribution in [1.29, 1.82) is 0 Å². The van der Waals surface area contributed by atoms with Crippen molar-refractivity contribution in [3.63, 3.8) is 0 Å². The standard InChI is InChI=1S/C14H15ClN2O/c1-9-7-12(9)14(18)17-13-5-4-11(15)8-10(13)3-2-6-16/h4-5,8-9,12H,6-7,16H2,1H3,(H,17,18). The molecule has 3 nitrogen and oxygen atoms in total. The van der Waals surface area contributed by atoms with Gasteiger partial charge in [-0.05, 0) is 30.5 Å². The molecule has 0 radical (unpaired) electrons. The van der Waals surface area contributed by atoms with E-state index in [9.17, 15) is 4.79 Å². The van der Waals surface area contributed by atoms with Crippen LogP contribution in [0.3, 0.4) is 0 Å². The lowest BCUT2D eigenvalue weighted by Gasteiger charge is -2.07. The number of amides is 1. The molecular formula is C14H15ClN2O. The molecule has 94 valence electrons. The number of rotatable bonds is 2. The molecule has 1 aliphatic carbocycles. The number of halogens is 1. The highest BCUT2D eigenvalue weighted by Gasteiger charge is 2.39. The number of benzene rings is 1. The van der Waals surface area contributed by atoms with Crippen molar-refractivity contribution in [1.82, 2.24) is 0 Å². The molecule has 0 saturated heterocycles. The summed E-state index contributed by atoms with van der Waals surface area (Å²) in [6, 6.07) is 5.24. The summed E-state index contributed by atoms with van der Waals surface area (Å²) in [5.74, 6) is 6.36. The molecule has 4 heteroatoms. The molecule has 1 aliphatic rings. The van der Waals surface area contributed by atoms with Crippen molar-refractivity contribution in [3.05, 3.63) is 28.8 Å².